The molecule has 1 atom stereocenters. The van der Waals surface area contributed by atoms with Gasteiger partial charge in [0, 0.05) is 42.3 Å². The molecule has 0 aliphatic carbocycles. The Labute approximate surface area is 177 Å². The Morgan fingerprint density at radius 2 is 2.10 bits per heavy atom. The molecule has 1 fully saturated rings. The highest BCUT2D eigenvalue weighted by Gasteiger charge is 2.33. The third kappa shape index (κ3) is 5.75. The molecule has 1 aliphatic heterocycles. The normalized spacial score (nSPS) is 16.4. The number of nitrogen functional groups attached to an aromatic ring is 1. The Hall–Kier alpha value is -3.08. The van der Waals surface area contributed by atoms with Crippen LogP contribution in [0.2, 0.25) is 0 Å². The number of benzene rings is 1. The molecular weight excluding hydrogens is 413 g/mol. The maximum Gasteiger partial charge on any atom is 0.418 e. The largest absolute Gasteiger partial charge is 0.418 e. The summed E-state index contributed by atoms with van der Waals surface area (Å²) in [5.41, 5.74) is 5.12. The van der Waals surface area contributed by atoms with E-state index in [9.17, 15) is 18.0 Å². The minimum atomic E-state index is -4.57. The van der Waals surface area contributed by atoms with E-state index in [-0.39, 0.29) is 23.4 Å². The number of carbonyl (C=O) groups excluding carboxylic acids is 1. The van der Waals surface area contributed by atoms with E-state index in [1.165, 1.54) is 12.1 Å². The van der Waals surface area contributed by atoms with Crippen molar-refractivity contribution in [2.24, 2.45) is 0 Å². The minimum absolute atomic E-state index is 0.118. The van der Waals surface area contributed by atoms with Crippen molar-refractivity contribution < 1.29 is 23.1 Å². The summed E-state index contributed by atoms with van der Waals surface area (Å²) < 4.78 is 39.5. The van der Waals surface area contributed by atoms with E-state index in [0.717, 1.165) is 18.2 Å². The molecular formula is C20H25F3N6O2. The van der Waals surface area contributed by atoms with Gasteiger partial charge in [-0.2, -0.15) is 18.2 Å². The molecule has 1 amide bonds. The van der Waals surface area contributed by atoms with Crippen molar-refractivity contribution in [1.82, 2.24) is 15.3 Å². The lowest BCUT2D eigenvalue weighted by atomic mass is 10.1. The average Bonchev–Trinajstić information content (AvgIpc) is 3.17. The Kier molecular flexibility index (Phi) is 6.84. The van der Waals surface area contributed by atoms with E-state index in [4.69, 9.17) is 10.8 Å². The number of nitrogens with zero attached hydrogens (tertiary/aromatic N) is 3. The quantitative estimate of drug-likeness (QED) is 0.491. The van der Waals surface area contributed by atoms with E-state index in [1.807, 2.05) is 17.9 Å². The molecule has 2 aromatic rings. The fourth-order valence-corrected chi connectivity index (χ4v) is 3.45. The van der Waals surface area contributed by atoms with Crippen LogP contribution in [0, 0.1) is 0 Å². The molecule has 1 aliphatic rings. The Balaban J connectivity index is 1.84. The maximum absolute atomic E-state index is 13.2. The summed E-state index contributed by atoms with van der Waals surface area (Å²) in [6.07, 6.45) is -2.36. The number of aliphatic hydroxyl groups excluding tert-OH is 1. The van der Waals surface area contributed by atoms with Crippen molar-refractivity contribution in [2.75, 3.05) is 35.6 Å². The standard InChI is InChI=1S/C20H25F3N6O2/c1-2-3-12-9-17(29-7-6-14(10-29)25-18(31)11-30)28-19(26-12)27-13-4-5-16(24)15(8-13)20(21,22)23/h4-5,8-9,14,30H,2-3,6-7,10-11,24H2,1H3,(H,25,31)(H,26,27,28). The molecule has 11 heteroatoms. The first-order valence-electron chi connectivity index (χ1n) is 9.96. The van der Waals surface area contributed by atoms with Gasteiger partial charge in [-0.25, -0.2) is 4.98 Å². The number of halogens is 3. The number of nitrogens with one attached hydrogen (secondary N) is 2. The second-order valence-corrected chi connectivity index (χ2v) is 7.37. The fraction of sp³-hybridized carbons (Fsp3) is 0.450. The van der Waals surface area contributed by atoms with Crippen molar-refractivity contribution in [3.05, 3.63) is 35.5 Å². The number of aromatic nitrogens is 2. The molecule has 1 aromatic heterocycles. The topological polar surface area (TPSA) is 116 Å². The fourth-order valence-electron chi connectivity index (χ4n) is 3.45. The molecule has 1 aromatic carbocycles. The molecule has 0 spiro atoms. The molecule has 0 radical (unpaired) electrons. The Morgan fingerprint density at radius 3 is 2.77 bits per heavy atom. The molecule has 1 saturated heterocycles. The van der Waals surface area contributed by atoms with Crippen LogP contribution in [0.5, 0.6) is 0 Å². The molecule has 1 unspecified atom stereocenters. The average molecular weight is 438 g/mol. The number of aryl methyl sites for hydroxylation is 1. The van der Waals surface area contributed by atoms with Gasteiger partial charge in [0.15, 0.2) is 0 Å². The number of nitrogens with two attached hydrogens (primary N) is 1. The predicted octanol–water partition coefficient (Wildman–Crippen LogP) is 2.46. The maximum atomic E-state index is 13.2. The van der Waals surface area contributed by atoms with E-state index >= 15 is 0 Å². The van der Waals surface area contributed by atoms with E-state index in [1.54, 1.807) is 0 Å². The third-order valence-corrected chi connectivity index (χ3v) is 4.91. The van der Waals surface area contributed by atoms with Crippen LogP contribution in [0.25, 0.3) is 0 Å². The summed E-state index contributed by atoms with van der Waals surface area (Å²) in [5, 5.41) is 14.5. The zero-order valence-electron chi connectivity index (χ0n) is 17.0. The van der Waals surface area contributed by atoms with Crippen LogP contribution in [0.3, 0.4) is 0 Å². The molecule has 31 heavy (non-hydrogen) atoms. The van der Waals surface area contributed by atoms with Gasteiger partial charge >= 0.3 is 6.18 Å². The Bertz CT molecular complexity index is 938. The second kappa shape index (κ2) is 9.38. The lowest BCUT2D eigenvalue weighted by Gasteiger charge is -2.20. The summed E-state index contributed by atoms with van der Waals surface area (Å²) in [5.74, 6) is 0.363. The van der Waals surface area contributed by atoms with Gasteiger partial charge in [0.2, 0.25) is 11.9 Å². The van der Waals surface area contributed by atoms with E-state index in [2.05, 4.69) is 20.6 Å². The van der Waals surface area contributed by atoms with E-state index < -0.39 is 24.3 Å². The van der Waals surface area contributed by atoms with Crippen LogP contribution in [-0.2, 0) is 17.4 Å². The van der Waals surface area contributed by atoms with Crippen molar-refractivity contribution in [2.45, 2.75) is 38.4 Å². The predicted molar refractivity (Wildman–Crippen MR) is 111 cm³/mol. The number of amides is 1. The van der Waals surface area contributed by atoms with Gasteiger partial charge in [0.25, 0.3) is 0 Å². The first-order chi connectivity index (χ1) is 14.7. The smallest absolute Gasteiger partial charge is 0.398 e. The molecule has 0 saturated carbocycles. The number of hydrogen-bond acceptors (Lipinski definition) is 7. The van der Waals surface area contributed by atoms with Crippen molar-refractivity contribution >= 4 is 29.0 Å². The van der Waals surface area contributed by atoms with Crippen LogP contribution >= 0.6 is 0 Å². The van der Waals surface area contributed by atoms with Crippen LogP contribution in [0.15, 0.2) is 24.3 Å². The number of aliphatic hydroxyl groups is 1. The van der Waals surface area contributed by atoms with Gasteiger partial charge in [-0.1, -0.05) is 13.3 Å². The molecule has 3 rings (SSSR count). The lowest BCUT2D eigenvalue weighted by Crippen LogP contribution is -2.38. The molecule has 0 bridgehead atoms. The molecule has 8 nitrogen and oxygen atoms in total. The monoisotopic (exact) mass is 438 g/mol. The zero-order chi connectivity index (χ0) is 22.6. The minimum Gasteiger partial charge on any atom is -0.398 e. The number of anilines is 4. The number of hydrogen-bond donors (Lipinski definition) is 4. The highest BCUT2D eigenvalue weighted by molar-refractivity contribution is 5.77. The zero-order valence-corrected chi connectivity index (χ0v) is 17.0. The molecule has 168 valence electrons. The van der Waals surface area contributed by atoms with Crippen LogP contribution in [-0.4, -0.2) is 46.7 Å². The molecule has 5 N–H and O–H groups in total. The van der Waals surface area contributed by atoms with Crippen molar-refractivity contribution in [1.29, 1.82) is 0 Å². The molecule has 2 heterocycles. The highest BCUT2D eigenvalue weighted by Crippen LogP contribution is 2.35. The van der Waals surface area contributed by atoms with Gasteiger partial charge < -0.3 is 26.4 Å². The SMILES string of the molecule is CCCc1cc(N2CCC(NC(=O)CO)C2)nc(Nc2ccc(N)c(C(F)(F)F)c2)n1. The van der Waals surface area contributed by atoms with Gasteiger partial charge in [0.05, 0.1) is 5.56 Å². The van der Waals surface area contributed by atoms with Crippen molar-refractivity contribution in [3.8, 4) is 0 Å². The summed E-state index contributed by atoms with van der Waals surface area (Å²) in [7, 11) is 0. The van der Waals surface area contributed by atoms with E-state index in [0.29, 0.717) is 31.7 Å². The van der Waals surface area contributed by atoms with Crippen LogP contribution in [0.1, 0.15) is 31.0 Å². The van der Waals surface area contributed by atoms with Gasteiger partial charge in [-0.05, 0) is 31.0 Å². The first-order valence-corrected chi connectivity index (χ1v) is 9.96. The van der Waals surface area contributed by atoms with Gasteiger partial charge in [-0.3, -0.25) is 4.79 Å². The number of carbonyl (C=O) groups is 1. The lowest BCUT2D eigenvalue weighted by molar-refractivity contribution is -0.136. The van der Waals surface area contributed by atoms with Gasteiger partial charge in [0.1, 0.15) is 12.4 Å². The summed E-state index contributed by atoms with van der Waals surface area (Å²) >= 11 is 0. The summed E-state index contributed by atoms with van der Waals surface area (Å²) in [4.78, 5) is 22.3. The third-order valence-electron chi connectivity index (χ3n) is 4.91. The highest BCUT2D eigenvalue weighted by atomic mass is 19.4. The Morgan fingerprint density at radius 1 is 1.32 bits per heavy atom. The van der Waals surface area contributed by atoms with Crippen molar-refractivity contribution in [3.63, 3.8) is 0 Å². The summed E-state index contributed by atoms with van der Waals surface area (Å²) in [6, 6.07) is 5.29. The first kappa shape index (κ1) is 22.6. The van der Waals surface area contributed by atoms with Crippen LogP contribution in [0.4, 0.5) is 36.3 Å². The van der Waals surface area contributed by atoms with Crippen LogP contribution < -0.4 is 21.3 Å². The second-order valence-electron chi connectivity index (χ2n) is 7.37. The number of rotatable bonds is 7. The van der Waals surface area contributed by atoms with Gasteiger partial charge in [-0.15, -0.1) is 0 Å². The number of alkyl halides is 3. The summed E-state index contributed by atoms with van der Waals surface area (Å²) in [6.45, 7) is 2.58.